The summed E-state index contributed by atoms with van der Waals surface area (Å²) in [6.07, 6.45) is 0. The van der Waals surface area contributed by atoms with Crippen molar-refractivity contribution in [3.05, 3.63) is 54.1 Å². The van der Waals surface area contributed by atoms with Gasteiger partial charge in [-0.05, 0) is 37.6 Å². The van der Waals surface area contributed by atoms with Crippen molar-refractivity contribution in [2.45, 2.75) is 22.9 Å². The summed E-state index contributed by atoms with van der Waals surface area (Å²) >= 11 is 2.75. The maximum Gasteiger partial charge on any atom is 0.324 e. The van der Waals surface area contributed by atoms with E-state index in [9.17, 15) is 9.90 Å². The first-order valence-corrected chi connectivity index (χ1v) is 9.17. The molecule has 1 N–H and O–H groups in total. The SMILES string of the molecule is CCOc1ccc2nc(SC(C)(C(=O)O)c3ccccc3)sc2c1. The Morgan fingerprint density at radius 1 is 1.29 bits per heavy atom. The zero-order chi connectivity index (χ0) is 17.2. The molecule has 1 aromatic heterocycles. The largest absolute Gasteiger partial charge is 0.494 e. The summed E-state index contributed by atoms with van der Waals surface area (Å²) in [6.45, 7) is 4.26. The number of hydrogen-bond donors (Lipinski definition) is 1. The maximum atomic E-state index is 11.9. The first-order valence-electron chi connectivity index (χ1n) is 7.54. The van der Waals surface area contributed by atoms with E-state index in [1.165, 1.54) is 23.1 Å². The summed E-state index contributed by atoms with van der Waals surface area (Å²) in [5.74, 6) is -0.0813. The number of aromatic nitrogens is 1. The molecule has 3 rings (SSSR count). The number of aliphatic carboxylic acids is 1. The minimum atomic E-state index is -1.09. The Kier molecular flexibility index (Phi) is 4.78. The molecule has 0 aliphatic heterocycles. The number of fused-ring (bicyclic) bond motifs is 1. The fraction of sp³-hybridized carbons (Fsp3) is 0.222. The van der Waals surface area contributed by atoms with Crippen LogP contribution in [0.5, 0.6) is 5.75 Å². The topological polar surface area (TPSA) is 59.4 Å². The maximum absolute atomic E-state index is 11.9. The first-order chi connectivity index (χ1) is 11.5. The minimum absolute atomic E-state index is 0.608. The average molecular weight is 359 g/mol. The predicted octanol–water partition coefficient (Wildman–Crippen LogP) is 4.79. The Balaban J connectivity index is 1.96. The van der Waals surface area contributed by atoms with Crippen LogP contribution in [0, 0.1) is 0 Å². The fourth-order valence-corrected chi connectivity index (χ4v) is 4.84. The second-order valence-electron chi connectivity index (χ2n) is 5.35. The molecule has 0 spiro atoms. The quantitative estimate of drug-likeness (QED) is 0.641. The number of hydrogen-bond acceptors (Lipinski definition) is 5. The van der Waals surface area contributed by atoms with Gasteiger partial charge in [0.05, 0.1) is 16.8 Å². The van der Waals surface area contributed by atoms with Crippen molar-refractivity contribution < 1.29 is 14.6 Å². The molecular formula is C18H17NO3S2. The monoisotopic (exact) mass is 359 g/mol. The summed E-state index contributed by atoms with van der Waals surface area (Å²) in [4.78, 5) is 16.5. The van der Waals surface area contributed by atoms with E-state index in [0.717, 1.165) is 25.9 Å². The smallest absolute Gasteiger partial charge is 0.324 e. The number of carboxylic acid groups (broad SMARTS) is 1. The Morgan fingerprint density at radius 2 is 2.04 bits per heavy atom. The molecule has 6 heteroatoms. The third-order valence-electron chi connectivity index (χ3n) is 3.68. The molecular weight excluding hydrogens is 342 g/mol. The number of rotatable bonds is 6. The van der Waals surface area contributed by atoms with Gasteiger partial charge in [0.1, 0.15) is 10.5 Å². The van der Waals surface area contributed by atoms with Gasteiger partial charge in [-0.15, -0.1) is 11.3 Å². The van der Waals surface area contributed by atoms with Gasteiger partial charge in [-0.3, -0.25) is 4.79 Å². The van der Waals surface area contributed by atoms with Gasteiger partial charge in [0.15, 0.2) is 4.34 Å². The first kappa shape index (κ1) is 16.8. The molecule has 4 nitrogen and oxygen atoms in total. The van der Waals surface area contributed by atoms with E-state index in [0.29, 0.717) is 6.61 Å². The molecule has 1 unspecified atom stereocenters. The van der Waals surface area contributed by atoms with E-state index in [4.69, 9.17) is 4.74 Å². The van der Waals surface area contributed by atoms with Crippen LogP contribution >= 0.6 is 23.1 Å². The number of ether oxygens (including phenoxy) is 1. The van der Waals surface area contributed by atoms with Gasteiger partial charge in [-0.2, -0.15) is 0 Å². The number of thioether (sulfide) groups is 1. The van der Waals surface area contributed by atoms with Crippen molar-refractivity contribution in [3.8, 4) is 5.75 Å². The van der Waals surface area contributed by atoms with Crippen molar-refractivity contribution in [1.29, 1.82) is 0 Å². The molecule has 124 valence electrons. The van der Waals surface area contributed by atoms with Crippen LogP contribution in [-0.2, 0) is 9.54 Å². The molecule has 1 atom stereocenters. The number of carboxylic acids is 1. The standard InChI is InChI=1S/C18H17NO3S2/c1-3-22-13-9-10-14-15(11-13)23-17(19-14)24-18(2,16(20)21)12-7-5-4-6-8-12/h4-11H,3H2,1-2H3,(H,20,21). The van der Waals surface area contributed by atoms with Crippen LogP contribution in [0.3, 0.4) is 0 Å². The molecule has 3 aromatic rings. The summed E-state index contributed by atoms with van der Waals surface area (Å²) in [7, 11) is 0. The highest BCUT2D eigenvalue weighted by Crippen LogP contribution is 2.44. The van der Waals surface area contributed by atoms with Crippen molar-refractivity contribution >= 4 is 39.3 Å². The van der Waals surface area contributed by atoms with Gasteiger partial charge in [0, 0.05) is 0 Å². The van der Waals surface area contributed by atoms with Gasteiger partial charge in [-0.25, -0.2) is 4.98 Å². The van der Waals surface area contributed by atoms with Crippen molar-refractivity contribution in [2.24, 2.45) is 0 Å². The van der Waals surface area contributed by atoms with E-state index in [2.05, 4.69) is 4.98 Å². The lowest BCUT2D eigenvalue weighted by molar-refractivity contribution is -0.139. The fourth-order valence-electron chi connectivity index (χ4n) is 2.34. The molecule has 0 aliphatic rings. The van der Waals surface area contributed by atoms with Gasteiger partial charge in [-0.1, -0.05) is 42.1 Å². The lowest BCUT2D eigenvalue weighted by Gasteiger charge is -2.23. The van der Waals surface area contributed by atoms with E-state index in [1.807, 2.05) is 55.5 Å². The Bertz CT molecular complexity index is 863. The molecule has 2 aromatic carbocycles. The number of thiazole rings is 1. The zero-order valence-electron chi connectivity index (χ0n) is 13.4. The van der Waals surface area contributed by atoms with Crippen LogP contribution in [0.15, 0.2) is 52.9 Å². The second-order valence-corrected chi connectivity index (χ2v) is 8.05. The summed E-state index contributed by atoms with van der Waals surface area (Å²) in [5, 5.41) is 9.77. The van der Waals surface area contributed by atoms with Crippen molar-refractivity contribution in [2.75, 3.05) is 6.61 Å². The average Bonchev–Trinajstić information content (AvgIpc) is 2.97. The van der Waals surface area contributed by atoms with Crippen LogP contribution in [0.1, 0.15) is 19.4 Å². The van der Waals surface area contributed by atoms with Gasteiger partial charge >= 0.3 is 5.97 Å². The summed E-state index contributed by atoms with van der Waals surface area (Å²) in [5.41, 5.74) is 1.60. The van der Waals surface area contributed by atoms with Gasteiger partial charge in [0.2, 0.25) is 0 Å². The number of nitrogens with zero attached hydrogens (tertiary/aromatic N) is 1. The highest BCUT2D eigenvalue weighted by molar-refractivity contribution is 8.02. The minimum Gasteiger partial charge on any atom is -0.494 e. The zero-order valence-corrected chi connectivity index (χ0v) is 15.0. The van der Waals surface area contributed by atoms with E-state index >= 15 is 0 Å². The van der Waals surface area contributed by atoms with Crippen LogP contribution in [0.4, 0.5) is 0 Å². The van der Waals surface area contributed by atoms with Crippen LogP contribution in [-0.4, -0.2) is 22.7 Å². The van der Waals surface area contributed by atoms with Crippen LogP contribution < -0.4 is 4.74 Å². The molecule has 0 aliphatic carbocycles. The lowest BCUT2D eigenvalue weighted by Crippen LogP contribution is -2.28. The Morgan fingerprint density at radius 3 is 2.71 bits per heavy atom. The highest BCUT2D eigenvalue weighted by atomic mass is 32.2. The van der Waals surface area contributed by atoms with Gasteiger partial charge in [0.25, 0.3) is 0 Å². The van der Waals surface area contributed by atoms with Crippen LogP contribution in [0.25, 0.3) is 10.2 Å². The van der Waals surface area contributed by atoms with Crippen molar-refractivity contribution in [1.82, 2.24) is 4.98 Å². The molecule has 0 saturated heterocycles. The Hall–Kier alpha value is -2.05. The van der Waals surface area contributed by atoms with Crippen molar-refractivity contribution in [3.63, 3.8) is 0 Å². The predicted molar refractivity (Wildman–Crippen MR) is 98.1 cm³/mol. The molecule has 0 saturated carbocycles. The van der Waals surface area contributed by atoms with E-state index < -0.39 is 10.7 Å². The van der Waals surface area contributed by atoms with Gasteiger partial charge < -0.3 is 9.84 Å². The molecule has 0 fully saturated rings. The number of benzene rings is 2. The summed E-state index contributed by atoms with van der Waals surface area (Å²) in [6, 6.07) is 15.0. The lowest BCUT2D eigenvalue weighted by atomic mass is 10.0. The molecule has 24 heavy (non-hydrogen) atoms. The Labute approximate surface area is 148 Å². The number of carbonyl (C=O) groups is 1. The molecule has 0 radical (unpaired) electrons. The molecule has 0 amide bonds. The van der Waals surface area contributed by atoms with E-state index in [-0.39, 0.29) is 0 Å². The summed E-state index contributed by atoms with van der Waals surface area (Å²) < 4.78 is 6.14. The normalized spacial score (nSPS) is 13.6. The third-order valence-corrected chi connectivity index (χ3v) is 6.07. The third kappa shape index (κ3) is 3.25. The molecule has 0 bridgehead atoms. The van der Waals surface area contributed by atoms with Crippen LogP contribution in [0.2, 0.25) is 0 Å². The van der Waals surface area contributed by atoms with E-state index in [1.54, 1.807) is 6.92 Å². The highest BCUT2D eigenvalue weighted by Gasteiger charge is 2.37. The second kappa shape index (κ2) is 6.83. The molecule has 1 heterocycles.